The summed E-state index contributed by atoms with van der Waals surface area (Å²) in [4.78, 5) is 12.9. The fourth-order valence-corrected chi connectivity index (χ4v) is 3.57. The normalized spacial score (nSPS) is 11.1. The SMILES string of the molecule is Cc1ccsc1C=NNC(=O)COc1ccc2ccccc2c1Br. The zero-order chi connectivity index (χ0) is 16.9. The van der Waals surface area contributed by atoms with Crippen LogP contribution in [0.4, 0.5) is 0 Å². The number of amides is 1. The molecular weight excluding hydrogens is 388 g/mol. The fraction of sp³-hybridized carbons (Fsp3) is 0.111. The predicted octanol–water partition coefficient (Wildman–Crippen LogP) is 4.50. The summed E-state index contributed by atoms with van der Waals surface area (Å²) in [6, 6.07) is 13.8. The van der Waals surface area contributed by atoms with E-state index in [4.69, 9.17) is 4.74 Å². The lowest BCUT2D eigenvalue weighted by atomic mass is 10.1. The fourth-order valence-electron chi connectivity index (χ4n) is 2.18. The third-order valence-corrected chi connectivity index (χ3v) is 5.23. The van der Waals surface area contributed by atoms with E-state index in [2.05, 4.69) is 26.5 Å². The topological polar surface area (TPSA) is 50.7 Å². The number of carbonyl (C=O) groups excluding carboxylic acids is 1. The summed E-state index contributed by atoms with van der Waals surface area (Å²) in [6.45, 7) is 1.90. The number of hydrazone groups is 1. The van der Waals surface area contributed by atoms with Gasteiger partial charge < -0.3 is 4.74 Å². The highest BCUT2D eigenvalue weighted by molar-refractivity contribution is 9.10. The van der Waals surface area contributed by atoms with E-state index in [-0.39, 0.29) is 12.5 Å². The molecule has 3 rings (SSSR count). The van der Waals surface area contributed by atoms with Crippen molar-refractivity contribution in [3.63, 3.8) is 0 Å². The Balaban J connectivity index is 1.59. The molecule has 24 heavy (non-hydrogen) atoms. The lowest BCUT2D eigenvalue weighted by Gasteiger charge is -2.09. The van der Waals surface area contributed by atoms with Gasteiger partial charge in [-0.1, -0.05) is 30.3 Å². The highest BCUT2D eigenvalue weighted by Crippen LogP contribution is 2.32. The van der Waals surface area contributed by atoms with Crippen molar-refractivity contribution in [1.29, 1.82) is 0 Å². The molecule has 0 aliphatic heterocycles. The van der Waals surface area contributed by atoms with Crippen LogP contribution in [0.15, 0.2) is 57.4 Å². The zero-order valence-corrected chi connectivity index (χ0v) is 15.4. The molecule has 0 atom stereocenters. The van der Waals surface area contributed by atoms with Crippen LogP contribution in [0.2, 0.25) is 0 Å². The number of thiophene rings is 1. The summed E-state index contributed by atoms with van der Waals surface area (Å²) in [5, 5.41) is 8.09. The van der Waals surface area contributed by atoms with Crippen molar-refractivity contribution in [3.8, 4) is 5.75 Å². The average molecular weight is 403 g/mol. The molecule has 1 heterocycles. The first kappa shape index (κ1) is 16.7. The molecule has 1 aromatic heterocycles. The van der Waals surface area contributed by atoms with E-state index in [0.717, 1.165) is 25.7 Å². The van der Waals surface area contributed by atoms with E-state index in [1.165, 1.54) is 0 Å². The summed E-state index contributed by atoms with van der Waals surface area (Å²) in [6.07, 6.45) is 1.64. The number of ether oxygens (including phenoxy) is 1. The second kappa shape index (κ2) is 7.59. The van der Waals surface area contributed by atoms with Crippen molar-refractivity contribution >= 4 is 50.2 Å². The van der Waals surface area contributed by atoms with E-state index in [9.17, 15) is 4.79 Å². The molecule has 0 radical (unpaired) electrons. The molecule has 0 saturated heterocycles. The molecule has 1 N–H and O–H groups in total. The van der Waals surface area contributed by atoms with Crippen LogP contribution in [0.25, 0.3) is 10.8 Å². The van der Waals surface area contributed by atoms with Gasteiger partial charge in [0.1, 0.15) is 5.75 Å². The van der Waals surface area contributed by atoms with Crippen molar-refractivity contribution in [2.24, 2.45) is 5.10 Å². The standard InChI is InChI=1S/C18H15BrN2O2S/c1-12-8-9-24-16(12)10-20-21-17(22)11-23-15-7-6-13-4-2-3-5-14(13)18(15)19/h2-10H,11H2,1H3,(H,21,22). The van der Waals surface area contributed by atoms with Crippen LogP contribution >= 0.6 is 27.3 Å². The van der Waals surface area contributed by atoms with Crippen LogP contribution in [0.1, 0.15) is 10.4 Å². The van der Waals surface area contributed by atoms with Gasteiger partial charge in [-0.2, -0.15) is 5.10 Å². The number of halogens is 1. The third kappa shape index (κ3) is 3.83. The number of aryl methyl sites for hydroxylation is 1. The molecule has 3 aromatic rings. The van der Waals surface area contributed by atoms with Gasteiger partial charge in [-0.3, -0.25) is 4.79 Å². The summed E-state index contributed by atoms with van der Waals surface area (Å²) < 4.78 is 6.43. The van der Waals surface area contributed by atoms with Gasteiger partial charge >= 0.3 is 0 Å². The molecule has 2 aromatic carbocycles. The maximum Gasteiger partial charge on any atom is 0.277 e. The molecule has 0 fully saturated rings. The van der Waals surface area contributed by atoms with Crippen LogP contribution in [0, 0.1) is 6.92 Å². The van der Waals surface area contributed by atoms with E-state index in [1.54, 1.807) is 17.6 Å². The first-order chi connectivity index (χ1) is 11.6. The van der Waals surface area contributed by atoms with Gasteiger partial charge in [0.05, 0.1) is 10.7 Å². The minimum Gasteiger partial charge on any atom is -0.483 e. The minimum atomic E-state index is -0.305. The number of carbonyl (C=O) groups is 1. The molecule has 0 spiro atoms. The lowest BCUT2D eigenvalue weighted by molar-refractivity contribution is -0.123. The van der Waals surface area contributed by atoms with E-state index < -0.39 is 0 Å². The Kier molecular flexibility index (Phi) is 5.27. The highest BCUT2D eigenvalue weighted by atomic mass is 79.9. The number of rotatable bonds is 5. The van der Waals surface area contributed by atoms with Crippen molar-refractivity contribution < 1.29 is 9.53 Å². The molecule has 6 heteroatoms. The van der Waals surface area contributed by atoms with Crippen molar-refractivity contribution in [3.05, 3.63) is 62.8 Å². The molecule has 0 unspecified atom stereocenters. The number of nitrogens with zero attached hydrogens (tertiary/aromatic N) is 1. The van der Waals surface area contributed by atoms with Crippen molar-refractivity contribution in [1.82, 2.24) is 5.43 Å². The Morgan fingerprint density at radius 3 is 2.92 bits per heavy atom. The van der Waals surface area contributed by atoms with E-state index in [1.807, 2.05) is 54.8 Å². The first-order valence-electron chi connectivity index (χ1n) is 7.31. The van der Waals surface area contributed by atoms with Crippen LogP contribution in [0.3, 0.4) is 0 Å². The number of hydrogen-bond acceptors (Lipinski definition) is 4. The summed E-state index contributed by atoms with van der Waals surface area (Å²) >= 11 is 5.11. The molecule has 0 aliphatic rings. The number of hydrogen-bond donors (Lipinski definition) is 1. The van der Waals surface area contributed by atoms with Crippen LogP contribution in [-0.2, 0) is 4.79 Å². The Labute approximate surface area is 152 Å². The Morgan fingerprint density at radius 2 is 2.12 bits per heavy atom. The predicted molar refractivity (Wildman–Crippen MR) is 102 cm³/mol. The van der Waals surface area contributed by atoms with Gasteiger partial charge in [0, 0.05) is 4.88 Å². The zero-order valence-electron chi connectivity index (χ0n) is 13.0. The van der Waals surface area contributed by atoms with Crippen LogP contribution < -0.4 is 10.2 Å². The molecule has 0 saturated carbocycles. The summed E-state index contributed by atoms with van der Waals surface area (Å²) in [5.41, 5.74) is 3.61. The van der Waals surface area contributed by atoms with Gasteiger partial charge in [0.2, 0.25) is 0 Å². The molecular formula is C18H15BrN2O2S. The summed E-state index contributed by atoms with van der Waals surface area (Å²) in [7, 11) is 0. The maximum absolute atomic E-state index is 11.8. The third-order valence-electron chi connectivity index (χ3n) is 3.46. The average Bonchev–Trinajstić information content (AvgIpc) is 3.00. The van der Waals surface area contributed by atoms with E-state index in [0.29, 0.717) is 5.75 Å². The molecule has 0 bridgehead atoms. The van der Waals surface area contributed by atoms with Gasteiger partial charge in [-0.25, -0.2) is 5.43 Å². The Morgan fingerprint density at radius 1 is 1.29 bits per heavy atom. The summed E-state index contributed by atoms with van der Waals surface area (Å²) in [5.74, 6) is 0.322. The number of nitrogens with one attached hydrogen (secondary N) is 1. The number of fused-ring (bicyclic) bond motifs is 1. The first-order valence-corrected chi connectivity index (χ1v) is 8.98. The van der Waals surface area contributed by atoms with Gasteiger partial charge in [-0.15, -0.1) is 11.3 Å². The second-order valence-corrected chi connectivity index (χ2v) is 6.89. The maximum atomic E-state index is 11.8. The lowest BCUT2D eigenvalue weighted by Crippen LogP contribution is -2.24. The van der Waals surface area contributed by atoms with Crippen molar-refractivity contribution in [2.75, 3.05) is 6.61 Å². The Hall–Kier alpha value is -2.18. The highest BCUT2D eigenvalue weighted by Gasteiger charge is 2.08. The minimum absolute atomic E-state index is 0.0995. The molecule has 122 valence electrons. The van der Waals surface area contributed by atoms with Gasteiger partial charge in [-0.05, 0) is 56.7 Å². The van der Waals surface area contributed by atoms with E-state index >= 15 is 0 Å². The smallest absolute Gasteiger partial charge is 0.277 e. The van der Waals surface area contributed by atoms with Crippen LogP contribution in [-0.4, -0.2) is 18.7 Å². The number of benzene rings is 2. The van der Waals surface area contributed by atoms with Gasteiger partial charge in [0.15, 0.2) is 6.61 Å². The van der Waals surface area contributed by atoms with Crippen LogP contribution in [0.5, 0.6) is 5.75 Å². The van der Waals surface area contributed by atoms with Gasteiger partial charge in [0.25, 0.3) is 5.91 Å². The largest absolute Gasteiger partial charge is 0.483 e. The van der Waals surface area contributed by atoms with Crippen molar-refractivity contribution in [2.45, 2.75) is 6.92 Å². The quantitative estimate of drug-likeness (QED) is 0.504. The Bertz CT molecular complexity index is 905. The molecule has 4 nitrogen and oxygen atoms in total. The molecule has 1 amide bonds. The molecule has 0 aliphatic carbocycles. The second-order valence-electron chi connectivity index (χ2n) is 5.15. The monoisotopic (exact) mass is 402 g/mol.